The van der Waals surface area contributed by atoms with Crippen LogP contribution in [0.15, 0.2) is 18.2 Å². The Morgan fingerprint density at radius 3 is 2.67 bits per heavy atom. The number of methoxy groups -OCH3 is 1. The molecule has 0 heterocycles. The third-order valence-electron chi connectivity index (χ3n) is 2.14. The van der Waals surface area contributed by atoms with Crippen molar-refractivity contribution < 1.29 is 9.53 Å². The number of hydrogen-bond acceptors (Lipinski definition) is 2. The van der Waals surface area contributed by atoms with E-state index in [1.807, 2.05) is 32.0 Å². The number of amides is 2. The molecule has 0 aliphatic heterocycles. The van der Waals surface area contributed by atoms with Gasteiger partial charge in [-0.05, 0) is 37.1 Å². The van der Waals surface area contributed by atoms with Crippen LogP contribution in [0.3, 0.4) is 0 Å². The molecular weight excluding hydrogens is 192 g/mol. The van der Waals surface area contributed by atoms with Crippen LogP contribution in [0.4, 0.5) is 10.5 Å². The Balaban J connectivity index is 2.57. The Kier molecular flexibility index (Phi) is 4.12. The predicted molar refractivity (Wildman–Crippen MR) is 59.9 cm³/mol. The van der Waals surface area contributed by atoms with Gasteiger partial charge in [-0.3, -0.25) is 0 Å². The summed E-state index contributed by atoms with van der Waals surface area (Å²) in [6, 6.07) is 5.51. The molecule has 0 atom stereocenters. The largest absolute Gasteiger partial charge is 0.364 e. The summed E-state index contributed by atoms with van der Waals surface area (Å²) in [6.45, 7) is 4.24. The topological polar surface area (TPSA) is 50.4 Å². The number of rotatable bonds is 3. The fraction of sp³-hybridized carbons (Fsp3) is 0.364. The molecule has 0 aliphatic rings. The Hall–Kier alpha value is -1.55. The fourth-order valence-corrected chi connectivity index (χ4v) is 1.13. The first-order valence-corrected chi connectivity index (χ1v) is 4.74. The van der Waals surface area contributed by atoms with Gasteiger partial charge in [-0.2, -0.15) is 0 Å². The Morgan fingerprint density at radius 1 is 1.33 bits per heavy atom. The highest BCUT2D eigenvalue weighted by Gasteiger charge is 2.01. The number of carbonyl (C=O) groups is 1. The van der Waals surface area contributed by atoms with Gasteiger partial charge < -0.3 is 15.4 Å². The second-order valence-corrected chi connectivity index (χ2v) is 3.36. The van der Waals surface area contributed by atoms with E-state index in [0.29, 0.717) is 0 Å². The van der Waals surface area contributed by atoms with Crippen molar-refractivity contribution in [1.29, 1.82) is 0 Å². The summed E-state index contributed by atoms with van der Waals surface area (Å²) in [4.78, 5) is 11.3. The molecule has 1 aromatic carbocycles. The number of ether oxygens (including phenoxy) is 1. The summed E-state index contributed by atoms with van der Waals surface area (Å²) < 4.78 is 4.72. The molecule has 0 spiro atoms. The van der Waals surface area contributed by atoms with Gasteiger partial charge in [0.2, 0.25) is 0 Å². The Bertz CT molecular complexity index is 350. The number of urea groups is 1. The number of hydrogen-bond donors (Lipinski definition) is 2. The van der Waals surface area contributed by atoms with Crippen molar-refractivity contribution in [3.63, 3.8) is 0 Å². The number of carbonyl (C=O) groups excluding carboxylic acids is 1. The van der Waals surface area contributed by atoms with Crippen LogP contribution >= 0.6 is 0 Å². The minimum absolute atomic E-state index is 0.205. The Morgan fingerprint density at radius 2 is 2.07 bits per heavy atom. The zero-order valence-corrected chi connectivity index (χ0v) is 9.26. The van der Waals surface area contributed by atoms with Gasteiger partial charge in [-0.15, -0.1) is 0 Å². The second kappa shape index (κ2) is 5.36. The number of nitrogens with one attached hydrogen (secondary N) is 2. The molecule has 0 aromatic heterocycles. The molecule has 0 saturated heterocycles. The highest BCUT2D eigenvalue weighted by atomic mass is 16.5. The van der Waals surface area contributed by atoms with Crippen LogP contribution < -0.4 is 10.6 Å². The van der Waals surface area contributed by atoms with E-state index in [9.17, 15) is 4.79 Å². The monoisotopic (exact) mass is 208 g/mol. The van der Waals surface area contributed by atoms with Crippen LogP contribution in [0.2, 0.25) is 0 Å². The van der Waals surface area contributed by atoms with Gasteiger partial charge in [0.15, 0.2) is 0 Å². The van der Waals surface area contributed by atoms with Gasteiger partial charge in [-0.1, -0.05) is 6.07 Å². The van der Waals surface area contributed by atoms with Crippen molar-refractivity contribution in [2.24, 2.45) is 0 Å². The van der Waals surface area contributed by atoms with E-state index >= 15 is 0 Å². The molecule has 0 fully saturated rings. The molecule has 0 bridgehead atoms. The lowest BCUT2D eigenvalue weighted by Gasteiger charge is -2.08. The van der Waals surface area contributed by atoms with Crippen molar-refractivity contribution in [2.75, 3.05) is 19.2 Å². The van der Waals surface area contributed by atoms with E-state index in [4.69, 9.17) is 4.74 Å². The van der Waals surface area contributed by atoms with Crippen LogP contribution in [0.1, 0.15) is 11.1 Å². The molecule has 2 amide bonds. The van der Waals surface area contributed by atoms with Crippen LogP contribution in [-0.4, -0.2) is 19.9 Å². The molecule has 4 heteroatoms. The predicted octanol–water partition coefficient (Wildman–Crippen LogP) is 2.03. The highest BCUT2D eigenvalue weighted by molar-refractivity contribution is 5.89. The van der Waals surface area contributed by atoms with Gasteiger partial charge in [0.05, 0.1) is 0 Å². The van der Waals surface area contributed by atoms with Gasteiger partial charge in [0.25, 0.3) is 0 Å². The van der Waals surface area contributed by atoms with Crippen molar-refractivity contribution in [2.45, 2.75) is 13.8 Å². The van der Waals surface area contributed by atoms with Crippen molar-refractivity contribution in [1.82, 2.24) is 5.32 Å². The second-order valence-electron chi connectivity index (χ2n) is 3.36. The molecule has 2 N–H and O–H groups in total. The van der Waals surface area contributed by atoms with Crippen LogP contribution in [0, 0.1) is 13.8 Å². The summed E-state index contributed by atoms with van der Waals surface area (Å²) in [5.74, 6) is 0. The molecular formula is C11H16N2O2. The third-order valence-corrected chi connectivity index (χ3v) is 2.14. The minimum Gasteiger partial charge on any atom is -0.364 e. The molecule has 4 nitrogen and oxygen atoms in total. The first kappa shape index (κ1) is 11.5. The summed E-state index contributed by atoms with van der Waals surface area (Å²) in [5.41, 5.74) is 3.14. The van der Waals surface area contributed by atoms with Crippen molar-refractivity contribution in [3.05, 3.63) is 29.3 Å². The average molecular weight is 208 g/mol. The van der Waals surface area contributed by atoms with Gasteiger partial charge >= 0.3 is 6.03 Å². The van der Waals surface area contributed by atoms with E-state index in [1.54, 1.807) is 0 Å². The minimum atomic E-state index is -0.264. The maximum Gasteiger partial charge on any atom is 0.321 e. The molecule has 0 saturated carbocycles. The van der Waals surface area contributed by atoms with Crippen LogP contribution in [0.25, 0.3) is 0 Å². The third kappa shape index (κ3) is 3.59. The van der Waals surface area contributed by atoms with E-state index in [0.717, 1.165) is 11.3 Å². The lowest BCUT2D eigenvalue weighted by molar-refractivity contribution is 0.177. The molecule has 15 heavy (non-hydrogen) atoms. The average Bonchev–Trinajstić information content (AvgIpc) is 2.20. The highest BCUT2D eigenvalue weighted by Crippen LogP contribution is 2.13. The molecule has 1 rings (SSSR count). The van der Waals surface area contributed by atoms with E-state index < -0.39 is 0 Å². The molecule has 82 valence electrons. The zero-order chi connectivity index (χ0) is 11.3. The van der Waals surface area contributed by atoms with E-state index in [-0.39, 0.29) is 12.8 Å². The normalized spacial score (nSPS) is 9.80. The zero-order valence-electron chi connectivity index (χ0n) is 9.26. The Labute approximate surface area is 89.6 Å². The van der Waals surface area contributed by atoms with Gasteiger partial charge in [0, 0.05) is 12.8 Å². The van der Waals surface area contributed by atoms with Crippen molar-refractivity contribution >= 4 is 11.7 Å². The molecule has 0 unspecified atom stereocenters. The standard InChI is InChI=1S/C11H16N2O2/c1-8-4-5-10(6-9(8)2)13-11(14)12-7-15-3/h4-6H,7H2,1-3H3,(H2,12,13,14). The first-order valence-electron chi connectivity index (χ1n) is 4.74. The lowest BCUT2D eigenvalue weighted by Crippen LogP contribution is -2.30. The fourth-order valence-electron chi connectivity index (χ4n) is 1.13. The number of aryl methyl sites for hydroxylation is 2. The SMILES string of the molecule is COCNC(=O)Nc1ccc(C)c(C)c1. The van der Waals surface area contributed by atoms with E-state index in [1.165, 1.54) is 12.7 Å². The first-order chi connectivity index (χ1) is 7.13. The van der Waals surface area contributed by atoms with Crippen LogP contribution in [-0.2, 0) is 4.74 Å². The summed E-state index contributed by atoms with van der Waals surface area (Å²) in [6.07, 6.45) is 0. The van der Waals surface area contributed by atoms with Gasteiger partial charge in [0.1, 0.15) is 6.73 Å². The number of anilines is 1. The smallest absolute Gasteiger partial charge is 0.321 e. The summed E-state index contributed by atoms with van der Waals surface area (Å²) in [5, 5.41) is 5.26. The quantitative estimate of drug-likeness (QED) is 0.747. The maximum absolute atomic E-state index is 11.3. The number of benzene rings is 1. The summed E-state index contributed by atoms with van der Waals surface area (Å²) in [7, 11) is 1.52. The molecule has 0 aliphatic carbocycles. The van der Waals surface area contributed by atoms with Gasteiger partial charge in [-0.25, -0.2) is 4.79 Å². The van der Waals surface area contributed by atoms with Crippen LogP contribution in [0.5, 0.6) is 0 Å². The maximum atomic E-state index is 11.3. The summed E-state index contributed by atoms with van der Waals surface area (Å²) >= 11 is 0. The molecule has 1 aromatic rings. The van der Waals surface area contributed by atoms with Crippen molar-refractivity contribution in [3.8, 4) is 0 Å². The van der Waals surface area contributed by atoms with E-state index in [2.05, 4.69) is 10.6 Å². The molecule has 0 radical (unpaired) electrons. The lowest BCUT2D eigenvalue weighted by atomic mass is 10.1.